The van der Waals surface area contributed by atoms with Crippen LogP contribution < -0.4 is 5.43 Å². The van der Waals surface area contributed by atoms with Crippen LogP contribution >= 0.6 is 0 Å². The minimum absolute atomic E-state index is 0.170. The molecule has 2 amide bonds. The first-order valence-electron chi connectivity index (χ1n) is 10.4. The van der Waals surface area contributed by atoms with Crippen molar-refractivity contribution in [1.82, 2.24) is 10.3 Å². The molecule has 0 saturated carbocycles. The first kappa shape index (κ1) is 20.9. The second-order valence-electron chi connectivity index (χ2n) is 7.77. The molecule has 0 spiro atoms. The lowest BCUT2D eigenvalue weighted by Crippen LogP contribution is -2.40. The maximum Gasteiger partial charge on any atom is 0.308 e. The molecular weight excluding hydrogens is 402 g/mol. The zero-order valence-corrected chi connectivity index (χ0v) is 17.6. The van der Waals surface area contributed by atoms with E-state index in [1.54, 1.807) is 17.0 Å². The summed E-state index contributed by atoms with van der Waals surface area (Å²) in [6.45, 7) is 2.79. The number of likely N-dealkylation sites (tertiary alicyclic amines) is 1. The molecule has 31 heavy (non-hydrogen) atoms. The number of carbonyl (C=O) groups is 3. The van der Waals surface area contributed by atoms with E-state index >= 15 is 0 Å². The van der Waals surface area contributed by atoms with E-state index in [2.05, 4.69) is 10.5 Å². The summed E-state index contributed by atoms with van der Waals surface area (Å²) in [7, 11) is 1.38. The highest BCUT2D eigenvalue weighted by molar-refractivity contribution is 6.07. The van der Waals surface area contributed by atoms with Crippen molar-refractivity contribution in [3.8, 4) is 0 Å². The first-order chi connectivity index (χ1) is 15.0. The largest absolute Gasteiger partial charge is 0.469 e. The third kappa shape index (κ3) is 4.12. The van der Waals surface area contributed by atoms with Gasteiger partial charge in [-0.1, -0.05) is 0 Å². The Morgan fingerprint density at radius 3 is 2.68 bits per heavy atom. The van der Waals surface area contributed by atoms with Gasteiger partial charge in [0, 0.05) is 30.6 Å². The third-order valence-electron chi connectivity index (χ3n) is 5.87. The molecule has 0 atom stereocenters. The Morgan fingerprint density at radius 2 is 2.00 bits per heavy atom. The van der Waals surface area contributed by atoms with Gasteiger partial charge in [-0.15, -0.1) is 0 Å². The Kier molecular flexibility index (Phi) is 5.92. The number of methoxy groups -OCH3 is 1. The summed E-state index contributed by atoms with van der Waals surface area (Å²) in [6, 6.07) is 3.19. The maximum atomic E-state index is 13.1. The Hall–Kier alpha value is -3.36. The molecule has 9 nitrogen and oxygen atoms in total. The van der Waals surface area contributed by atoms with E-state index in [-0.39, 0.29) is 23.6 Å². The van der Waals surface area contributed by atoms with Crippen LogP contribution in [0.1, 0.15) is 63.7 Å². The highest BCUT2D eigenvalue weighted by atomic mass is 16.5. The fourth-order valence-corrected chi connectivity index (χ4v) is 4.19. The maximum absolute atomic E-state index is 13.1. The molecule has 164 valence electrons. The number of fused-ring (bicyclic) bond motifs is 1. The van der Waals surface area contributed by atoms with Crippen LogP contribution in [0.25, 0.3) is 0 Å². The van der Waals surface area contributed by atoms with Crippen LogP contribution in [-0.4, -0.2) is 48.6 Å². The van der Waals surface area contributed by atoms with Gasteiger partial charge in [-0.3, -0.25) is 14.4 Å². The van der Waals surface area contributed by atoms with Crippen molar-refractivity contribution in [2.45, 2.75) is 39.0 Å². The van der Waals surface area contributed by atoms with Gasteiger partial charge < -0.3 is 18.5 Å². The van der Waals surface area contributed by atoms with Crippen LogP contribution in [0.5, 0.6) is 0 Å². The fraction of sp³-hybridized carbons (Fsp3) is 0.455. The molecule has 1 aliphatic heterocycles. The van der Waals surface area contributed by atoms with Gasteiger partial charge in [-0.05, 0) is 44.7 Å². The summed E-state index contributed by atoms with van der Waals surface area (Å²) in [6.07, 6.45) is 4.76. The number of rotatable bonds is 4. The van der Waals surface area contributed by atoms with Crippen molar-refractivity contribution in [3.05, 3.63) is 46.8 Å². The molecule has 4 rings (SSSR count). The standard InChI is InChI=1S/C22H25N3O6/c1-13-18-15(23-24-20(26)17-7-4-12-30-17)5-3-6-16(18)31-19(13)21(27)25-10-8-14(9-11-25)22(28)29-2/h4,7,12,14H,3,5-6,8-11H2,1-2H3,(H,24,26)/b23-15+. The van der Waals surface area contributed by atoms with E-state index in [9.17, 15) is 14.4 Å². The lowest BCUT2D eigenvalue weighted by Gasteiger charge is -2.30. The lowest BCUT2D eigenvalue weighted by molar-refractivity contribution is -0.146. The monoisotopic (exact) mass is 427 g/mol. The predicted octanol–water partition coefficient (Wildman–Crippen LogP) is 2.68. The third-order valence-corrected chi connectivity index (χ3v) is 5.87. The average molecular weight is 427 g/mol. The van der Waals surface area contributed by atoms with E-state index < -0.39 is 5.91 Å². The van der Waals surface area contributed by atoms with Gasteiger partial charge in [-0.2, -0.15) is 5.10 Å². The molecule has 1 saturated heterocycles. The number of nitrogens with one attached hydrogen (secondary N) is 1. The summed E-state index contributed by atoms with van der Waals surface area (Å²) < 4.78 is 15.9. The SMILES string of the molecule is COC(=O)C1CCN(C(=O)c2oc3c(c2C)/C(=N/NC(=O)c2ccco2)CCC3)CC1. The zero-order valence-electron chi connectivity index (χ0n) is 17.6. The number of nitrogens with zero attached hydrogens (tertiary/aromatic N) is 2. The molecule has 0 bridgehead atoms. The van der Waals surface area contributed by atoms with Crippen LogP contribution in [0.2, 0.25) is 0 Å². The van der Waals surface area contributed by atoms with E-state index in [4.69, 9.17) is 13.6 Å². The van der Waals surface area contributed by atoms with Crippen molar-refractivity contribution >= 4 is 23.5 Å². The molecule has 2 aliphatic rings. The smallest absolute Gasteiger partial charge is 0.308 e. The topological polar surface area (TPSA) is 114 Å². The first-order valence-corrected chi connectivity index (χ1v) is 10.4. The van der Waals surface area contributed by atoms with Crippen LogP contribution in [0, 0.1) is 12.8 Å². The van der Waals surface area contributed by atoms with Gasteiger partial charge >= 0.3 is 11.9 Å². The van der Waals surface area contributed by atoms with Crippen LogP contribution in [0.15, 0.2) is 32.3 Å². The molecule has 0 radical (unpaired) electrons. The molecule has 1 fully saturated rings. The van der Waals surface area contributed by atoms with E-state index in [0.717, 1.165) is 17.5 Å². The van der Waals surface area contributed by atoms with Gasteiger partial charge in [0.25, 0.3) is 5.91 Å². The normalized spacial score (nSPS) is 18.0. The molecule has 1 aliphatic carbocycles. The Labute approximate surface area is 179 Å². The summed E-state index contributed by atoms with van der Waals surface area (Å²) in [5.41, 5.74) is 4.72. The van der Waals surface area contributed by atoms with Crippen molar-refractivity contribution in [2.24, 2.45) is 11.0 Å². The average Bonchev–Trinajstić information content (AvgIpc) is 3.45. The molecular formula is C22H25N3O6. The number of ether oxygens (including phenoxy) is 1. The molecule has 0 aromatic carbocycles. The van der Waals surface area contributed by atoms with E-state index in [0.29, 0.717) is 56.0 Å². The number of furan rings is 2. The van der Waals surface area contributed by atoms with Gasteiger partial charge in [0.05, 0.1) is 25.0 Å². The molecule has 0 unspecified atom stereocenters. The Bertz CT molecular complexity index is 1010. The quantitative estimate of drug-likeness (QED) is 0.593. The van der Waals surface area contributed by atoms with Crippen molar-refractivity contribution in [1.29, 1.82) is 0 Å². The number of aryl methyl sites for hydroxylation is 1. The second-order valence-corrected chi connectivity index (χ2v) is 7.77. The summed E-state index contributed by atoms with van der Waals surface area (Å²) in [4.78, 5) is 38.7. The molecule has 1 N–H and O–H groups in total. The number of hydrogen-bond donors (Lipinski definition) is 1. The van der Waals surface area contributed by atoms with Crippen LogP contribution in [0.3, 0.4) is 0 Å². The van der Waals surface area contributed by atoms with E-state index in [1.165, 1.54) is 13.4 Å². The van der Waals surface area contributed by atoms with Crippen LogP contribution in [0.4, 0.5) is 0 Å². The lowest BCUT2D eigenvalue weighted by atomic mass is 9.93. The van der Waals surface area contributed by atoms with E-state index in [1.807, 2.05) is 6.92 Å². The molecule has 2 aromatic heterocycles. The van der Waals surface area contributed by atoms with Gasteiger partial charge in [0.1, 0.15) is 5.76 Å². The van der Waals surface area contributed by atoms with Gasteiger partial charge in [0.2, 0.25) is 0 Å². The highest BCUT2D eigenvalue weighted by Gasteiger charge is 2.33. The Morgan fingerprint density at radius 1 is 1.23 bits per heavy atom. The number of hydrogen-bond acceptors (Lipinski definition) is 7. The summed E-state index contributed by atoms with van der Waals surface area (Å²) >= 11 is 0. The minimum Gasteiger partial charge on any atom is -0.469 e. The van der Waals surface area contributed by atoms with Gasteiger partial charge in [-0.25, -0.2) is 5.43 Å². The molecule has 2 aromatic rings. The number of hydrazone groups is 1. The van der Waals surface area contributed by atoms with Crippen molar-refractivity contribution < 1.29 is 28.0 Å². The second kappa shape index (κ2) is 8.79. The predicted molar refractivity (Wildman–Crippen MR) is 110 cm³/mol. The van der Waals surface area contributed by atoms with Crippen LogP contribution in [-0.2, 0) is 16.0 Å². The fourth-order valence-electron chi connectivity index (χ4n) is 4.19. The zero-order chi connectivity index (χ0) is 22.0. The number of esters is 1. The summed E-state index contributed by atoms with van der Waals surface area (Å²) in [5, 5.41) is 4.29. The molecule has 9 heteroatoms. The van der Waals surface area contributed by atoms with Gasteiger partial charge in [0.15, 0.2) is 11.5 Å². The van der Waals surface area contributed by atoms with Crippen molar-refractivity contribution in [2.75, 3.05) is 20.2 Å². The number of piperidine rings is 1. The molecule has 3 heterocycles. The van der Waals surface area contributed by atoms with Crippen molar-refractivity contribution in [3.63, 3.8) is 0 Å². The number of carbonyl (C=O) groups excluding carboxylic acids is 3. The summed E-state index contributed by atoms with van der Waals surface area (Å²) in [5.74, 6) is 0.168. The Balaban J connectivity index is 1.50. The minimum atomic E-state index is -0.435. The number of amides is 2. The highest BCUT2D eigenvalue weighted by Crippen LogP contribution is 2.31.